The molecular formula is C20H21Cl2FN6O2. The topological polar surface area (TPSA) is 94.8 Å². The minimum atomic E-state index is -0.715. The zero-order valence-electron chi connectivity index (χ0n) is 17.6. The van der Waals surface area contributed by atoms with Crippen molar-refractivity contribution in [1.82, 2.24) is 30.5 Å². The van der Waals surface area contributed by atoms with Crippen LogP contribution in [0.3, 0.4) is 0 Å². The second kappa shape index (κ2) is 8.76. The van der Waals surface area contributed by atoms with E-state index in [0.717, 1.165) is 0 Å². The molecule has 31 heavy (non-hydrogen) atoms. The number of pyridine rings is 1. The summed E-state index contributed by atoms with van der Waals surface area (Å²) < 4.78 is 20.2. The Bertz CT molecular complexity index is 1130. The van der Waals surface area contributed by atoms with Crippen LogP contribution in [0.25, 0.3) is 22.5 Å². The molecule has 0 fully saturated rings. The molecule has 2 aromatic heterocycles. The Morgan fingerprint density at radius 2 is 1.97 bits per heavy atom. The summed E-state index contributed by atoms with van der Waals surface area (Å²) in [6.45, 7) is 6.83. The fourth-order valence-electron chi connectivity index (χ4n) is 2.88. The number of nitrogens with zero attached hydrogens (tertiary/aromatic N) is 5. The van der Waals surface area contributed by atoms with E-state index in [0.29, 0.717) is 26.7 Å². The number of ether oxygens (including phenoxy) is 1. The molecule has 0 spiro atoms. The minimum absolute atomic E-state index is 0.0573. The Morgan fingerprint density at radius 3 is 2.55 bits per heavy atom. The lowest BCUT2D eigenvalue weighted by Gasteiger charge is -2.22. The summed E-state index contributed by atoms with van der Waals surface area (Å²) in [7, 11) is 1.62. The molecule has 0 radical (unpaired) electrons. The average molecular weight is 467 g/mol. The summed E-state index contributed by atoms with van der Waals surface area (Å²) in [5.74, 6) is -0.348. The van der Waals surface area contributed by atoms with Crippen LogP contribution in [-0.2, 0) is 11.8 Å². The first-order valence-electron chi connectivity index (χ1n) is 9.33. The van der Waals surface area contributed by atoms with E-state index < -0.39 is 23.6 Å². The van der Waals surface area contributed by atoms with Gasteiger partial charge in [0.2, 0.25) is 5.82 Å². The van der Waals surface area contributed by atoms with Crippen molar-refractivity contribution in [1.29, 1.82) is 0 Å². The Kier molecular flexibility index (Phi) is 6.47. The number of aromatic nitrogens is 5. The van der Waals surface area contributed by atoms with Crippen LogP contribution in [0.15, 0.2) is 24.4 Å². The van der Waals surface area contributed by atoms with Gasteiger partial charge in [0, 0.05) is 22.3 Å². The van der Waals surface area contributed by atoms with Gasteiger partial charge in [-0.05, 0) is 56.7 Å². The molecule has 0 saturated heterocycles. The van der Waals surface area contributed by atoms with E-state index in [1.54, 1.807) is 46.9 Å². The van der Waals surface area contributed by atoms with Crippen molar-refractivity contribution in [3.05, 3.63) is 46.0 Å². The first-order chi connectivity index (χ1) is 14.4. The Balaban J connectivity index is 1.96. The lowest BCUT2D eigenvalue weighted by atomic mass is 9.99. The van der Waals surface area contributed by atoms with Crippen molar-refractivity contribution in [3.8, 4) is 22.5 Å². The van der Waals surface area contributed by atoms with Gasteiger partial charge in [-0.25, -0.2) is 9.18 Å². The van der Waals surface area contributed by atoms with Crippen LogP contribution in [-0.4, -0.2) is 36.9 Å². The highest BCUT2D eigenvalue weighted by molar-refractivity contribution is 6.37. The smallest absolute Gasteiger partial charge is 0.408 e. The van der Waals surface area contributed by atoms with E-state index in [1.165, 1.54) is 17.1 Å². The van der Waals surface area contributed by atoms with Crippen molar-refractivity contribution < 1.29 is 13.9 Å². The molecule has 1 N–H and O–H groups in total. The Morgan fingerprint density at radius 1 is 1.26 bits per heavy atom. The highest BCUT2D eigenvalue weighted by Crippen LogP contribution is 2.38. The van der Waals surface area contributed by atoms with Crippen LogP contribution >= 0.6 is 23.2 Å². The minimum Gasteiger partial charge on any atom is -0.444 e. The molecule has 1 unspecified atom stereocenters. The van der Waals surface area contributed by atoms with Gasteiger partial charge in [0.05, 0.1) is 23.8 Å². The van der Waals surface area contributed by atoms with Crippen LogP contribution in [0.2, 0.25) is 10.0 Å². The molecule has 0 saturated carbocycles. The van der Waals surface area contributed by atoms with Crippen LogP contribution < -0.4 is 5.32 Å². The zero-order chi connectivity index (χ0) is 22.9. The van der Waals surface area contributed by atoms with Crippen LogP contribution in [0.1, 0.15) is 39.4 Å². The third-order valence-corrected chi connectivity index (χ3v) is 4.63. The predicted octanol–water partition coefficient (Wildman–Crippen LogP) is 4.97. The summed E-state index contributed by atoms with van der Waals surface area (Å²) in [5.41, 5.74) is 0.750. The SMILES string of the molecule is CC(NC(=O)OC(C)(C)C)c1ncc(-c2cc(Cl)cc(Cl)c2-c2nnn(C)n2)cc1F. The van der Waals surface area contributed by atoms with Gasteiger partial charge in [0.25, 0.3) is 0 Å². The summed E-state index contributed by atoms with van der Waals surface area (Å²) in [6, 6.07) is 3.74. The molecule has 2 heterocycles. The van der Waals surface area contributed by atoms with E-state index in [1.807, 2.05) is 0 Å². The molecule has 0 bridgehead atoms. The number of rotatable bonds is 4. The molecule has 1 atom stereocenters. The summed E-state index contributed by atoms with van der Waals surface area (Å²) in [5, 5.41) is 15.2. The number of carbonyl (C=O) groups excluding carboxylic acids is 1. The van der Waals surface area contributed by atoms with Gasteiger partial charge in [-0.3, -0.25) is 4.98 Å². The first kappa shape index (κ1) is 22.9. The molecule has 0 aliphatic rings. The van der Waals surface area contributed by atoms with Gasteiger partial charge < -0.3 is 10.1 Å². The number of alkyl carbamates (subject to hydrolysis) is 1. The summed E-state index contributed by atoms with van der Waals surface area (Å²) >= 11 is 12.6. The molecule has 0 aliphatic carbocycles. The lowest BCUT2D eigenvalue weighted by molar-refractivity contribution is 0.0506. The largest absolute Gasteiger partial charge is 0.444 e. The normalized spacial score (nSPS) is 12.5. The van der Waals surface area contributed by atoms with Gasteiger partial charge >= 0.3 is 6.09 Å². The second-order valence-corrected chi connectivity index (χ2v) is 8.72. The maximum atomic E-state index is 14.9. The van der Waals surface area contributed by atoms with E-state index >= 15 is 0 Å². The highest BCUT2D eigenvalue weighted by atomic mass is 35.5. The third-order valence-electron chi connectivity index (χ3n) is 4.11. The number of benzene rings is 1. The molecule has 1 amide bonds. The van der Waals surface area contributed by atoms with Crippen molar-refractivity contribution in [2.45, 2.75) is 39.3 Å². The number of carbonyl (C=O) groups is 1. The number of halogens is 3. The van der Waals surface area contributed by atoms with E-state index in [-0.39, 0.29) is 11.5 Å². The molecule has 0 aliphatic heterocycles. The molecule has 164 valence electrons. The molecular weight excluding hydrogens is 446 g/mol. The monoisotopic (exact) mass is 466 g/mol. The molecule has 1 aromatic carbocycles. The van der Waals surface area contributed by atoms with Gasteiger partial charge in [-0.2, -0.15) is 4.80 Å². The predicted molar refractivity (Wildman–Crippen MR) is 115 cm³/mol. The summed E-state index contributed by atoms with van der Waals surface area (Å²) in [4.78, 5) is 17.5. The van der Waals surface area contributed by atoms with Gasteiger partial charge in [-0.15, -0.1) is 10.2 Å². The van der Waals surface area contributed by atoms with Crippen molar-refractivity contribution in [2.24, 2.45) is 7.05 Å². The van der Waals surface area contributed by atoms with Crippen molar-refractivity contribution in [2.75, 3.05) is 0 Å². The average Bonchev–Trinajstić information content (AvgIpc) is 3.04. The van der Waals surface area contributed by atoms with Gasteiger partial charge in [0.15, 0.2) is 0 Å². The molecule has 11 heteroatoms. The van der Waals surface area contributed by atoms with Crippen LogP contribution in [0.4, 0.5) is 9.18 Å². The van der Waals surface area contributed by atoms with E-state index in [9.17, 15) is 9.18 Å². The zero-order valence-corrected chi connectivity index (χ0v) is 19.1. The van der Waals surface area contributed by atoms with Gasteiger partial charge in [0.1, 0.15) is 11.4 Å². The maximum Gasteiger partial charge on any atom is 0.408 e. The number of aryl methyl sites for hydroxylation is 1. The highest BCUT2D eigenvalue weighted by Gasteiger charge is 2.22. The Labute approximate surface area is 188 Å². The molecule has 8 nitrogen and oxygen atoms in total. The second-order valence-electron chi connectivity index (χ2n) is 7.87. The summed E-state index contributed by atoms with van der Waals surface area (Å²) in [6.07, 6.45) is 0.802. The number of amides is 1. The maximum absolute atomic E-state index is 14.9. The Hall–Kier alpha value is -2.78. The quantitative estimate of drug-likeness (QED) is 0.582. The van der Waals surface area contributed by atoms with E-state index in [2.05, 4.69) is 25.7 Å². The molecule has 3 aromatic rings. The number of tetrazole rings is 1. The standard InChI is InChI=1S/C20H21Cl2FN6O2/c1-10(25-19(30)31-20(2,3)4)17-15(23)6-11(9-24-17)13-7-12(21)8-14(22)16(13)18-26-28-29(5)27-18/h6-10H,1-5H3,(H,25,30). The van der Waals surface area contributed by atoms with Crippen LogP contribution in [0.5, 0.6) is 0 Å². The molecule has 3 rings (SSSR count). The number of hydrogen-bond donors (Lipinski definition) is 1. The lowest BCUT2D eigenvalue weighted by Crippen LogP contribution is -2.34. The number of hydrogen-bond acceptors (Lipinski definition) is 6. The number of nitrogens with one attached hydrogen (secondary N) is 1. The van der Waals surface area contributed by atoms with Crippen molar-refractivity contribution in [3.63, 3.8) is 0 Å². The first-order valence-corrected chi connectivity index (χ1v) is 10.1. The third kappa shape index (κ3) is 5.48. The van der Waals surface area contributed by atoms with Gasteiger partial charge in [-0.1, -0.05) is 23.2 Å². The van der Waals surface area contributed by atoms with E-state index in [4.69, 9.17) is 27.9 Å². The fourth-order valence-corrected chi connectivity index (χ4v) is 3.46. The van der Waals surface area contributed by atoms with Crippen molar-refractivity contribution >= 4 is 29.3 Å². The fraction of sp³-hybridized carbons (Fsp3) is 0.350. The van der Waals surface area contributed by atoms with Crippen LogP contribution in [0, 0.1) is 5.82 Å².